The largest absolute Gasteiger partial charge is 0.497 e. The molecule has 0 spiro atoms. The summed E-state index contributed by atoms with van der Waals surface area (Å²) in [5.41, 5.74) is 10.2. The lowest BCUT2D eigenvalue weighted by molar-refractivity contribution is 0.415. The molecular weight excluding hydrogens is 212 g/mol. The van der Waals surface area contributed by atoms with Crippen LogP contribution < -0.4 is 10.5 Å². The number of nitrogens with zero attached hydrogens (tertiary/aromatic N) is 1. The molecule has 90 valence electrons. The number of rotatable bonds is 1. The van der Waals surface area contributed by atoms with Gasteiger partial charge in [0.1, 0.15) is 5.75 Å². The van der Waals surface area contributed by atoms with E-state index >= 15 is 0 Å². The van der Waals surface area contributed by atoms with Crippen molar-refractivity contribution in [3.05, 3.63) is 29.5 Å². The van der Waals surface area contributed by atoms with Gasteiger partial charge in [-0.3, -0.25) is 0 Å². The van der Waals surface area contributed by atoms with E-state index in [1.54, 1.807) is 7.11 Å². The summed E-state index contributed by atoms with van der Waals surface area (Å²) in [6.07, 6.45) is 3.18. The van der Waals surface area contributed by atoms with Crippen molar-refractivity contribution in [1.29, 1.82) is 0 Å². The molecule has 0 saturated heterocycles. The lowest BCUT2D eigenvalue weighted by Crippen LogP contribution is -2.28. The second kappa shape index (κ2) is 3.77. The highest BCUT2D eigenvalue weighted by Crippen LogP contribution is 2.32. The Morgan fingerprint density at radius 1 is 1.41 bits per heavy atom. The molecule has 2 N–H and O–H groups in total. The monoisotopic (exact) mass is 230 g/mol. The lowest BCUT2D eigenvalue weighted by Gasteiger charge is -2.19. The van der Waals surface area contributed by atoms with E-state index in [9.17, 15) is 0 Å². The second-order valence-corrected chi connectivity index (χ2v) is 4.87. The number of hydrogen-bond acceptors (Lipinski definition) is 2. The van der Waals surface area contributed by atoms with Gasteiger partial charge in [0.2, 0.25) is 0 Å². The summed E-state index contributed by atoms with van der Waals surface area (Å²) >= 11 is 0. The first-order chi connectivity index (χ1) is 8.20. The van der Waals surface area contributed by atoms with Crippen LogP contribution in [0.4, 0.5) is 0 Å². The van der Waals surface area contributed by atoms with E-state index in [4.69, 9.17) is 10.5 Å². The molecule has 0 radical (unpaired) electrons. The lowest BCUT2D eigenvalue weighted by atomic mass is 9.92. The Hall–Kier alpha value is -1.48. The van der Waals surface area contributed by atoms with Crippen LogP contribution in [0.5, 0.6) is 5.75 Å². The zero-order valence-corrected chi connectivity index (χ0v) is 10.4. The van der Waals surface area contributed by atoms with Crippen molar-refractivity contribution >= 4 is 10.9 Å². The van der Waals surface area contributed by atoms with E-state index in [0.717, 1.165) is 25.0 Å². The van der Waals surface area contributed by atoms with Crippen molar-refractivity contribution in [3.8, 4) is 5.75 Å². The van der Waals surface area contributed by atoms with Crippen LogP contribution in [0, 0.1) is 0 Å². The van der Waals surface area contributed by atoms with Gasteiger partial charge in [-0.25, -0.2) is 0 Å². The molecule has 3 nitrogen and oxygen atoms in total. The predicted molar refractivity (Wildman–Crippen MR) is 69.5 cm³/mol. The molecule has 1 aromatic carbocycles. The van der Waals surface area contributed by atoms with E-state index in [0.29, 0.717) is 6.04 Å². The van der Waals surface area contributed by atoms with E-state index in [1.807, 2.05) is 6.07 Å². The summed E-state index contributed by atoms with van der Waals surface area (Å²) < 4.78 is 7.56. The van der Waals surface area contributed by atoms with E-state index in [-0.39, 0.29) is 0 Å². The summed E-state index contributed by atoms with van der Waals surface area (Å²) in [6.45, 7) is 0. The molecule has 1 aromatic heterocycles. The highest BCUT2D eigenvalue weighted by Gasteiger charge is 2.22. The van der Waals surface area contributed by atoms with Crippen molar-refractivity contribution < 1.29 is 4.74 Å². The Labute approximate surface area is 101 Å². The van der Waals surface area contributed by atoms with Gasteiger partial charge in [-0.1, -0.05) is 0 Å². The number of fused-ring (bicyclic) bond motifs is 3. The average molecular weight is 230 g/mol. The zero-order chi connectivity index (χ0) is 12.0. The summed E-state index contributed by atoms with van der Waals surface area (Å²) in [6, 6.07) is 6.63. The van der Waals surface area contributed by atoms with E-state index in [2.05, 4.69) is 23.7 Å². The molecule has 0 bridgehead atoms. The van der Waals surface area contributed by atoms with Crippen LogP contribution in [-0.4, -0.2) is 17.7 Å². The summed E-state index contributed by atoms with van der Waals surface area (Å²) in [4.78, 5) is 0. The SMILES string of the molecule is COc1ccc2c3c(n(C)c2c1)CC(N)CC3. The van der Waals surface area contributed by atoms with Crippen molar-refractivity contribution in [1.82, 2.24) is 4.57 Å². The van der Waals surface area contributed by atoms with Crippen LogP contribution in [0.15, 0.2) is 18.2 Å². The Morgan fingerprint density at radius 3 is 3.00 bits per heavy atom. The third kappa shape index (κ3) is 1.53. The molecule has 0 aliphatic heterocycles. The minimum Gasteiger partial charge on any atom is -0.497 e. The maximum atomic E-state index is 6.06. The molecule has 0 saturated carbocycles. The van der Waals surface area contributed by atoms with Gasteiger partial charge in [0.15, 0.2) is 0 Å². The van der Waals surface area contributed by atoms with Crippen LogP contribution in [0.25, 0.3) is 10.9 Å². The van der Waals surface area contributed by atoms with Crippen LogP contribution >= 0.6 is 0 Å². The fourth-order valence-electron chi connectivity index (χ4n) is 2.89. The highest BCUT2D eigenvalue weighted by atomic mass is 16.5. The summed E-state index contributed by atoms with van der Waals surface area (Å²) in [5, 5.41) is 1.36. The average Bonchev–Trinajstić information content (AvgIpc) is 2.62. The van der Waals surface area contributed by atoms with Crippen molar-refractivity contribution in [2.45, 2.75) is 25.3 Å². The first kappa shape index (κ1) is 10.7. The minimum absolute atomic E-state index is 0.312. The van der Waals surface area contributed by atoms with Crippen LogP contribution in [0.2, 0.25) is 0 Å². The van der Waals surface area contributed by atoms with Crippen molar-refractivity contribution in [2.75, 3.05) is 7.11 Å². The second-order valence-electron chi connectivity index (χ2n) is 4.87. The Kier molecular flexibility index (Phi) is 2.37. The van der Waals surface area contributed by atoms with Gasteiger partial charge in [0.25, 0.3) is 0 Å². The number of aromatic nitrogens is 1. The quantitative estimate of drug-likeness (QED) is 0.814. The number of aryl methyl sites for hydroxylation is 2. The number of ether oxygens (including phenoxy) is 1. The van der Waals surface area contributed by atoms with Gasteiger partial charge in [-0.2, -0.15) is 0 Å². The summed E-state index contributed by atoms with van der Waals surface area (Å²) in [5.74, 6) is 0.916. The molecule has 1 heterocycles. The van der Waals surface area contributed by atoms with Gasteiger partial charge in [-0.15, -0.1) is 0 Å². The highest BCUT2D eigenvalue weighted by molar-refractivity contribution is 5.87. The van der Waals surface area contributed by atoms with Gasteiger partial charge < -0.3 is 15.0 Å². The molecule has 3 heteroatoms. The van der Waals surface area contributed by atoms with E-state index < -0.39 is 0 Å². The predicted octanol–water partition coefficient (Wildman–Crippen LogP) is 2.00. The van der Waals surface area contributed by atoms with Crippen molar-refractivity contribution in [2.24, 2.45) is 12.8 Å². The molecule has 0 amide bonds. The minimum atomic E-state index is 0.312. The van der Waals surface area contributed by atoms with Crippen molar-refractivity contribution in [3.63, 3.8) is 0 Å². The molecule has 0 fully saturated rings. The molecular formula is C14H18N2O. The molecule has 1 atom stereocenters. The number of methoxy groups -OCH3 is 1. The van der Waals surface area contributed by atoms with Gasteiger partial charge in [-0.05, 0) is 30.5 Å². The molecule has 1 aliphatic carbocycles. The molecule has 2 aromatic rings. The fraction of sp³-hybridized carbons (Fsp3) is 0.429. The first-order valence-corrected chi connectivity index (χ1v) is 6.10. The smallest absolute Gasteiger partial charge is 0.120 e. The molecule has 17 heavy (non-hydrogen) atoms. The van der Waals surface area contributed by atoms with Crippen LogP contribution in [-0.2, 0) is 19.9 Å². The van der Waals surface area contributed by atoms with Gasteiger partial charge in [0.05, 0.1) is 12.6 Å². The maximum Gasteiger partial charge on any atom is 0.120 e. The Morgan fingerprint density at radius 2 is 2.24 bits per heavy atom. The number of nitrogens with two attached hydrogens (primary N) is 1. The topological polar surface area (TPSA) is 40.2 Å². The zero-order valence-electron chi connectivity index (χ0n) is 10.4. The normalized spacial score (nSPS) is 19.4. The fourth-order valence-corrected chi connectivity index (χ4v) is 2.89. The molecule has 3 rings (SSSR count). The Bertz CT molecular complexity index is 571. The first-order valence-electron chi connectivity index (χ1n) is 6.10. The molecule has 1 unspecified atom stereocenters. The van der Waals surface area contributed by atoms with Crippen LogP contribution in [0.1, 0.15) is 17.7 Å². The number of benzene rings is 1. The molecule has 1 aliphatic rings. The third-order valence-electron chi connectivity index (χ3n) is 3.87. The third-order valence-corrected chi connectivity index (χ3v) is 3.87. The Balaban J connectivity index is 2.25. The van der Waals surface area contributed by atoms with Gasteiger partial charge in [0, 0.05) is 36.7 Å². The maximum absolute atomic E-state index is 6.06. The van der Waals surface area contributed by atoms with Crippen LogP contribution in [0.3, 0.4) is 0 Å². The van der Waals surface area contributed by atoms with Gasteiger partial charge >= 0.3 is 0 Å². The number of hydrogen-bond donors (Lipinski definition) is 1. The van der Waals surface area contributed by atoms with E-state index in [1.165, 1.54) is 22.2 Å². The standard InChI is InChI=1S/C14H18N2O/c1-16-13-7-9(15)3-5-11(13)12-6-4-10(17-2)8-14(12)16/h4,6,8-9H,3,5,7,15H2,1-2H3. The summed E-state index contributed by atoms with van der Waals surface area (Å²) in [7, 11) is 3.83.